The zero-order valence-corrected chi connectivity index (χ0v) is 6.96. The van der Waals surface area contributed by atoms with Crippen molar-refractivity contribution in [3.8, 4) is 0 Å². The van der Waals surface area contributed by atoms with Crippen LogP contribution in [0.5, 0.6) is 0 Å². The van der Waals surface area contributed by atoms with Crippen LogP contribution in [-0.2, 0) is 6.54 Å². The lowest BCUT2D eigenvalue weighted by Gasteiger charge is -2.00. The van der Waals surface area contributed by atoms with E-state index in [1.54, 1.807) is 0 Å². The highest BCUT2D eigenvalue weighted by Gasteiger charge is 2.02. The van der Waals surface area contributed by atoms with E-state index in [1.165, 1.54) is 5.56 Å². The van der Waals surface area contributed by atoms with Gasteiger partial charge in [0.15, 0.2) is 0 Å². The Bertz CT molecular complexity index is 403. The van der Waals surface area contributed by atoms with Gasteiger partial charge in [-0.3, -0.25) is 5.10 Å². The molecule has 0 bridgehead atoms. The van der Waals surface area contributed by atoms with Crippen molar-refractivity contribution in [3.05, 3.63) is 29.5 Å². The summed E-state index contributed by atoms with van der Waals surface area (Å²) in [6.07, 6.45) is 1.84. The molecule has 3 nitrogen and oxygen atoms in total. The first-order chi connectivity index (χ1) is 5.83. The monoisotopic (exact) mass is 161 g/mol. The number of nitrogens with zero attached hydrogens (tertiary/aromatic N) is 1. The normalized spacial score (nSPS) is 10.8. The molecule has 0 unspecified atom stereocenters. The minimum absolute atomic E-state index is 0.555. The van der Waals surface area contributed by atoms with Crippen LogP contribution in [0.3, 0.4) is 0 Å². The minimum atomic E-state index is 0.555. The maximum absolute atomic E-state index is 5.58. The van der Waals surface area contributed by atoms with E-state index >= 15 is 0 Å². The highest BCUT2D eigenvalue weighted by atomic mass is 15.1. The summed E-state index contributed by atoms with van der Waals surface area (Å²) in [4.78, 5) is 0. The first kappa shape index (κ1) is 7.31. The molecule has 2 aromatic rings. The number of H-pyrrole nitrogens is 1. The zero-order valence-electron chi connectivity index (χ0n) is 6.96. The van der Waals surface area contributed by atoms with Gasteiger partial charge in [0.1, 0.15) is 0 Å². The Morgan fingerprint density at radius 3 is 3.08 bits per heavy atom. The van der Waals surface area contributed by atoms with E-state index in [0.717, 1.165) is 16.5 Å². The summed E-state index contributed by atoms with van der Waals surface area (Å²) in [7, 11) is 0. The van der Waals surface area contributed by atoms with Gasteiger partial charge in [0.05, 0.1) is 11.7 Å². The van der Waals surface area contributed by atoms with Crippen LogP contribution in [0.15, 0.2) is 18.3 Å². The number of nitrogens with two attached hydrogens (primary N) is 1. The molecule has 0 aliphatic rings. The number of rotatable bonds is 1. The Hall–Kier alpha value is -1.35. The summed E-state index contributed by atoms with van der Waals surface area (Å²) in [5.41, 5.74) is 9.00. The van der Waals surface area contributed by atoms with E-state index in [1.807, 2.05) is 12.3 Å². The number of aryl methyl sites for hydroxylation is 1. The van der Waals surface area contributed by atoms with Gasteiger partial charge >= 0.3 is 0 Å². The molecule has 0 saturated carbocycles. The van der Waals surface area contributed by atoms with Gasteiger partial charge in [-0.1, -0.05) is 12.1 Å². The molecule has 3 heteroatoms. The fourth-order valence-corrected chi connectivity index (χ4v) is 1.40. The molecule has 0 fully saturated rings. The van der Waals surface area contributed by atoms with Gasteiger partial charge in [0.25, 0.3) is 0 Å². The summed E-state index contributed by atoms with van der Waals surface area (Å²) in [5.74, 6) is 0. The lowest BCUT2D eigenvalue weighted by Crippen LogP contribution is -1.97. The molecule has 12 heavy (non-hydrogen) atoms. The Labute approximate surface area is 70.6 Å². The second-order valence-electron chi connectivity index (χ2n) is 2.90. The largest absolute Gasteiger partial charge is 0.326 e. The van der Waals surface area contributed by atoms with E-state index in [-0.39, 0.29) is 0 Å². The second-order valence-corrected chi connectivity index (χ2v) is 2.90. The zero-order chi connectivity index (χ0) is 8.55. The molecule has 1 aromatic carbocycles. The predicted molar refractivity (Wildman–Crippen MR) is 48.7 cm³/mol. The van der Waals surface area contributed by atoms with Gasteiger partial charge in [0.2, 0.25) is 0 Å². The van der Waals surface area contributed by atoms with Crippen molar-refractivity contribution in [1.29, 1.82) is 0 Å². The average Bonchev–Trinajstić information content (AvgIpc) is 2.54. The maximum Gasteiger partial charge on any atom is 0.0697 e. The summed E-state index contributed by atoms with van der Waals surface area (Å²) in [6.45, 7) is 2.62. The van der Waals surface area contributed by atoms with E-state index in [0.29, 0.717) is 6.54 Å². The Morgan fingerprint density at radius 1 is 1.50 bits per heavy atom. The van der Waals surface area contributed by atoms with Gasteiger partial charge in [-0.25, -0.2) is 0 Å². The topological polar surface area (TPSA) is 54.7 Å². The van der Waals surface area contributed by atoms with Crippen molar-refractivity contribution in [2.75, 3.05) is 0 Å². The van der Waals surface area contributed by atoms with Gasteiger partial charge in [-0.15, -0.1) is 0 Å². The van der Waals surface area contributed by atoms with Crippen molar-refractivity contribution in [2.45, 2.75) is 13.5 Å². The van der Waals surface area contributed by atoms with Crippen molar-refractivity contribution in [2.24, 2.45) is 5.73 Å². The molecule has 2 rings (SSSR count). The van der Waals surface area contributed by atoms with Gasteiger partial charge in [0, 0.05) is 11.9 Å². The molecular formula is C9H11N3. The number of aromatic amines is 1. The molecule has 0 aliphatic carbocycles. The van der Waals surface area contributed by atoms with Gasteiger partial charge < -0.3 is 5.73 Å². The maximum atomic E-state index is 5.58. The lowest BCUT2D eigenvalue weighted by molar-refractivity contribution is 1.05. The standard InChI is InChI=1S/C9H11N3/c1-6-2-3-7(4-10)9-8(6)5-11-12-9/h2-3,5H,4,10H2,1H3,(H,11,12). The van der Waals surface area contributed by atoms with Crippen molar-refractivity contribution in [3.63, 3.8) is 0 Å². The third-order valence-corrected chi connectivity index (χ3v) is 2.14. The first-order valence-electron chi connectivity index (χ1n) is 3.94. The second kappa shape index (κ2) is 2.60. The molecule has 0 atom stereocenters. The van der Waals surface area contributed by atoms with Crippen LogP contribution in [0.25, 0.3) is 10.9 Å². The smallest absolute Gasteiger partial charge is 0.0697 e. The van der Waals surface area contributed by atoms with E-state index in [2.05, 4.69) is 23.2 Å². The summed E-state index contributed by atoms with van der Waals surface area (Å²) < 4.78 is 0. The molecule has 0 spiro atoms. The number of nitrogens with one attached hydrogen (secondary N) is 1. The van der Waals surface area contributed by atoms with Crippen molar-refractivity contribution < 1.29 is 0 Å². The van der Waals surface area contributed by atoms with Gasteiger partial charge in [-0.2, -0.15) is 5.10 Å². The fourth-order valence-electron chi connectivity index (χ4n) is 1.40. The predicted octanol–water partition coefficient (Wildman–Crippen LogP) is 1.33. The first-order valence-corrected chi connectivity index (χ1v) is 3.94. The average molecular weight is 161 g/mol. The third-order valence-electron chi connectivity index (χ3n) is 2.14. The lowest BCUT2D eigenvalue weighted by atomic mass is 10.1. The highest BCUT2D eigenvalue weighted by Crippen LogP contribution is 2.18. The molecule has 0 saturated heterocycles. The summed E-state index contributed by atoms with van der Waals surface area (Å²) >= 11 is 0. The van der Waals surface area contributed by atoms with Crippen LogP contribution in [0.2, 0.25) is 0 Å². The van der Waals surface area contributed by atoms with Crippen LogP contribution < -0.4 is 5.73 Å². The van der Waals surface area contributed by atoms with Crippen LogP contribution in [0.4, 0.5) is 0 Å². The number of benzene rings is 1. The molecular weight excluding hydrogens is 150 g/mol. The van der Waals surface area contributed by atoms with Gasteiger partial charge in [-0.05, 0) is 18.1 Å². The summed E-state index contributed by atoms with van der Waals surface area (Å²) in [5, 5.41) is 8.10. The minimum Gasteiger partial charge on any atom is -0.326 e. The molecule has 62 valence electrons. The van der Waals surface area contributed by atoms with Crippen LogP contribution in [-0.4, -0.2) is 10.2 Å². The number of hydrogen-bond donors (Lipinski definition) is 2. The Morgan fingerprint density at radius 2 is 2.33 bits per heavy atom. The number of aromatic nitrogens is 2. The molecule has 1 aromatic heterocycles. The fraction of sp³-hybridized carbons (Fsp3) is 0.222. The van der Waals surface area contributed by atoms with E-state index < -0.39 is 0 Å². The van der Waals surface area contributed by atoms with Crippen LogP contribution in [0, 0.1) is 6.92 Å². The Balaban J connectivity index is 2.82. The molecule has 1 heterocycles. The van der Waals surface area contributed by atoms with E-state index in [9.17, 15) is 0 Å². The quantitative estimate of drug-likeness (QED) is 0.663. The molecule has 3 N–H and O–H groups in total. The van der Waals surface area contributed by atoms with Crippen molar-refractivity contribution >= 4 is 10.9 Å². The highest BCUT2D eigenvalue weighted by molar-refractivity contribution is 5.84. The third kappa shape index (κ3) is 0.905. The number of fused-ring (bicyclic) bond motifs is 1. The molecule has 0 aliphatic heterocycles. The molecule has 0 radical (unpaired) electrons. The number of hydrogen-bond acceptors (Lipinski definition) is 2. The molecule has 0 amide bonds. The van der Waals surface area contributed by atoms with Crippen LogP contribution in [0.1, 0.15) is 11.1 Å². The SMILES string of the molecule is Cc1ccc(CN)c2[nH]ncc12. The summed E-state index contributed by atoms with van der Waals surface area (Å²) in [6, 6.07) is 4.11. The van der Waals surface area contributed by atoms with Crippen LogP contribution >= 0.6 is 0 Å². The Kier molecular flexibility index (Phi) is 1.59. The van der Waals surface area contributed by atoms with Crippen molar-refractivity contribution in [1.82, 2.24) is 10.2 Å². The van der Waals surface area contributed by atoms with E-state index in [4.69, 9.17) is 5.73 Å².